The molecule has 4 nitrogen and oxygen atoms in total. The van der Waals surface area contributed by atoms with Crippen molar-refractivity contribution in [3.8, 4) is 22.6 Å². The van der Waals surface area contributed by atoms with Crippen LogP contribution >= 0.6 is 0 Å². The average molecular weight is 296 g/mol. The Kier molecular flexibility index (Phi) is 3.28. The third kappa shape index (κ3) is 2.45. The summed E-state index contributed by atoms with van der Waals surface area (Å²) in [4.78, 5) is 4.34. The first-order chi connectivity index (χ1) is 10.7. The highest BCUT2D eigenvalue weighted by Gasteiger charge is 2.17. The summed E-state index contributed by atoms with van der Waals surface area (Å²) in [5, 5.41) is 0. The quantitative estimate of drug-likeness (QED) is 0.808. The summed E-state index contributed by atoms with van der Waals surface area (Å²) in [5.41, 5.74) is 4.96. The van der Waals surface area contributed by atoms with Crippen LogP contribution < -0.4 is 9.47 Å². The Bertz CT molecular complexity index is 653. The third-order valence-electron chi connectivity index (χ3n) is 4.22. The van der Waals surface area contributed by atoms with Crippen LogP contribution in [0.5, 0.6) is 11.5 Å². The molecule has 4 rings (SSSR count). The Morgan fingerprint density at radius 2 is 1.18 bits per heavy atom. The van der Waals surface area contributed by atoms with E-state index in [1.54, 1.807) is 0 Å². The smallest absolute Gasteiger partial charge is 0.142 e. The number of rotatable bonds is 1. The van der Waals surface area contributed by atoms with Crippen molar-refractivity contribution in [2.45, 2.75) is 13.1 Å². The highest BCUT2D eigenvalue weighted by molar-refractivity contribution is 5.68. The van der Waals surface area contributed by atoms with Gasteiger partial charge in [0.15, 0.2) is 0 Å². The number of hydrogen-bond acceptors (Lipinski definition) is 4. The lowest BCUT2D eigenvalue weighted by atomic mass is 9.99. The minimum absolute atomic E-state index is 0.662. The lowest BCUT2D eigenvalue weighted by Crippen LogP contribution is -2.28. The van der Waals surface area contributed by atoms with Gasteiger partial charge in [-0.05, 0) is 49.5 Å². The lowest BCUT2D eigenvalue weighted by molar-refractivity contribution is 0.121. The monoisotopic (exact) mass is 296 g/mol. The molecule has 0 aromatic heterocycles. The molecule has 2 aliphatic heterocycles. The fourth-order valence-corrected chi connectivity index (χ4v) is 3.08. The van der Waals surface area contributed by atoms with Crippen LogP contribution in [0.2, 0.25) is 0 Å². The highest BCUT2D eigenvalue weighted by atomic mass is 16.5. The molecule has 0 N–H and O–H groups in total. The van der Waals surface area contributed by atoms with Crippen molar-refractivity contribution < 1.29 is 9.47 Å². The van der Waals surface area contributed by atoms with Gasteiger partial charge in [0.2, 0.25) is 0 Å². The van der Waals surface area contributed by atoms with Gasteiger partial charge in [0.25, 0.3) is 0 Å². The van der Waals surface area contributed by atoms with Gasteiger partial charge in [0, 0.05) is 24.2 Å². The molecule has 0 spiro atoms. The summed E-state index contributed by atoms with van der Waals surface area (Å²) < 4.78 is 11.5. The number of nitrogens with zero attached hydrogens (tertiary/aromatic N) is 2. The first kappa shape index (κ1) is 13.6. The Labute approximate surface area is 130 Å². The van der Waals surface area contributed by atoms with Crippen LogP contribution in [0.4, 0.5) is 0 Å². The largest absolute Gasteiger partial charge is 0.478 e. The SMILES string of the molecule is CN1COc2ccc(-c3ccc4c(c3)CN(C)CO4)cc2C1. The van der Waals surface area contributed by atoms with Crippen LogP contribution in [0.3, 0.4) is 0 Å². The zero-order valence-corrected chi connectivity index (χ0v) is 13.0. The molecule has 0 saturated carbocycles. The normalized spacial score (nSPS) is 18.1. The first-order valence-electron chi connectivity index (χ1n) is 7.58. The summed E-state index contributed by atoms with van der Waals surface area (Å²) in [7, 11) is 4.14. The minimum Gasteiger partial charge on any atom is -0.478 e. The van der Waals surface area contributed by atoms with Crippen LogP contribution in [0.25, 0.3) is 11.1 Å². The second-order valence-electron chi connectivity index (χ2n) is 6.22. The molecule has 2 aromatic carbocycles. The first-order valence-corrected chi connectivity index (χ1v) is 7.58. The summed E-state index contributed by atoms with van der Waals surface area (Å²) in [6.45, 7) is 3.18. The molecular weight excluding hydrogens is 276 g/mol. The highest BCUT2D eigenvalue weighted by Crippen LogP contribution is 2.33. The molecule has 0 saturated heterocycles. The van der Waals surface area contributed by atoms with Crippen molar-refractivity contribution in [1.82, 2.24) is 9.80 Å². The molecule has 0 fully saturated rings. The van der Waals surface area contributed by atoms with Gasteiger partial charge < -0.3 is 9.47 Å². The topological polar surface area (TPSA) is 24.9 Å². The van der Waals surface area contributed by atoms with Crippen molar-refractivity contribution in [3.05, 3.63) is 47.5 Å². The van der Waals surface area contributed by atoms with Crippen molar-refractivity contribution in [3.63, 3.8) is 0 Å². The van der Waals surface area contributed by atoms with Crippen LogP contribution in [-0.2, 0) is 13.1 Å². The predicted molar refractivity (Wildman–Crippen MR) is 85.8 cm³/mol. The predicted octanol–water partition coefficient (Wildman–Crippen LogP) is 2.92. The molecule has 2 heterocycles. The average Bonchev–Trinajstić information content (AvgIpc) is 2.53. The van der Waals surface area contributed by atoms with E-state index >= 15 is 0 Å². The van der Waals surface area contributed by atoms with E-state index in [9.17, 15) is 0 Å². The Morgan fingerprint density at radius 3 is 1.64 bits per heavy atom. The van der Waals surface area contributed by atoms with E-state index in [1.807, 2.05) is 0 Å². The second-order valence-corrected chi connectivity index (χ2v) is 6.22. The van der Waals surface area contributed by atoms with Gasteiger partial charge in [0.1, 0.15) is 25.0 Å². The molecule has 4 heteroatoms. The molecule has 0 unspecified atom stereocenters. The van der Waals surface area contributed by atoms with E-state index < -0.39 is 0 Å². The minimum atomic E-state index is 0.662. The summed E-state index contributed by atoms with van der Waals surface area (Å²) in [5.74, 6) is 2.01. The maximum Gasteiger partial charge on any atom is 0.142 e. The van der Waals surface area contributed by atoms with Gasteiger partial charge in [0.05, 0.1) is 0 Å². The van der Waals surface area contributed by atoms with E-state index in [-0.39, 0.29) is 0 Å². The van der Waals surface area contributed by atoms with Crippen molar-refractivity contribution in [2.75, 3.05) is 27.6 Å². The van der Waals surface area contributed by atoms with Crippen LogP contribution in [-0.4, -0.2) is 37.4 Å². The van der Waals surface area contributed by atoms with E-state index in [0.717, 1.165) is 24.6 Å². The van der Waals surface area contributed by atoms with Crippen molar-refractivity contribution in [1.29, 1.82) is 0 Å². The molecular formula is C18H20N2O2. The standard InChI is InChI=1S/C18H20N2O2/c1-19-9-15-7-13(3-5-17(15)21-11-19)14-4-6-18-16(8-14)10-20(2)12-22-18/h3-8H,9-12H2,1-2H3. The molecule has 0 aliphatic carbocycles. The fraction of sp³-hybridized carbons (Fsp3) is 0.333. The zero-order valence-electron chi connectivity index (χ0n) is 13.0. The number of fused-ring (bicyclic) bond motifs is 2. The Morgan fingerprint density at radius 1 is 0.727 bits per heavy atom. The van der Waals surface area contributed by atoms with Crippen molar-refractivity contribution >= 4 is 0 Å². The molecule has 22 heavy (non-hydrogen) atoms. The fourth-order valence-electron chi connectivity index (χ4n) is 3.08. The van der Waals surface area contributed by atoms with Crippen LogP contribution in [0.15, 0.2) is 36.4 Å². The van der Waals surface area contributed by atoms with E-state index in [1.165, 1.54) is 22.3 Å². The lowest BCUT2D eigenvalue weighted by Gasteiger charge is -2.27. The summed E-state index contributed by atoms with van der Waals surface area (Å²) in [6.07, 6.45) is 0. The number of benzene rings is 2. The molecule has 2 aromatic rings. The molecule has 0 bridgehead atoms. The van der Waals surface area contributed by atoms with Crippen LogP contribution in [0.1, 0.15) is 11.1 Å². The van der Waals surface area contributed by atoms with E-state index in [2.05, 4.69) is 60.3 Å². The molecule has 0 atom stereocenters. The summed E-state index contributed by atoms with van der Waals surface area (Å²) >= 11 is 0. The molecule has 0 amide bonds. The van der Waals surface area contributed by atoms with E-state index in [4.69, 9.17) is 9.47 Å². The Hall–Kier alpha value is -2.04. The van der Waals surface area contributed by atoms with Gasteiger partial charge in [-0.3, -0.25) is 9.80 Å². The van der Waals surface area contributed by atoms with Crippen molar-refractivity contribution in [2.24, 2.45) is 0 Å². The number of ether oxygens (including phenoxy) is 2. The molecule has 0 radical (unpaired) electrons. The molecule has 2 aliphatic rings. The van der Waals surface area contributed by atoms with Gasteiger partial charge in [-0.1, -0.05) is 12.1 Å². The van der Waals surface area contributed by atoms with E-state index in [0.29, 0.717) is 13.5 Å². The van der Waals surface area contributed by atoms with Gasteiger partial charge >= 0.3 is 0 Å². The van der Waals surface area contributed by atoms with Gasteiger partial charge in [-0.25, -0.2) is 0 Å². The van der Waals surface area contributed by atoms with Gasteiger partial charge in [-0.15, -0.1) is 0 Å². The Balaban J connectivity index is 1.70. The van der Waals surface area contributed by atoms with Gasteiger partial charge in [-0.2, -0.15) is 0 Å². The number of hydrogen-bond donors (Lipinski definition) is 0. The maximum atomic E-state index is 5.73. The second kappa shape index (κ2) is 5.30. The molecule has 114 valence electrons. The summed E-state index contributed by atoms with van der Waals surface area (Å²) in [6, 6.07) is 12.9. The maximum absolute atomic E-state index is 5.73. The zero-order chi connectivity index (χ0) is 15.1. The van der Waals surface area contributed by atoms with Crippen LogP contribution in [0, 0.1) is 0 Å². The third-order valence-corrected chi connectivity index (χ3v) is 4.22.